The molecule has 13 rings (SSSR count). The van der Waals surface area contributed by atoms with Crippen LogP contribution < -0.4 is 0 Å². The van der Waals surface area contributed by atoms with E-state index in [1.165, 1.54) is 32.6 Å². The number of hydrogen-bond donors (Lipinski definition) is 0. The van der Waals surface area contributed by atoms with Crippen LogP contribution in [0.4, 0.5) is 0 Å². The summed E-state index contributed by atoms with van der Waals surface area (Å²) in [5, 5.41) is 5.80. The Balaban J connectivity index is 1.19. The van der Waals surface area contributed by atoms with Crippen LogP contribution in [0.25, 0.3) is 122 Å². The molecule has 0 unspecified atom stereocenters. The zero-order chi connectivity index (χ0) is 41.4. The molecular weight excluding hydrogens is 769 g/mol. The lowest BCUT2D eigenvalue weighted by Crippen LogP contribution is -2.02. The van der Waals surface area contributed by atoms with Crippen LogP contribution in [-0.4, -0.2) is 19.1 Å². The molecule has 0 aliphatic rings. The smallest absolute Gasteiger partial charge is 0.180 e. The van der Waals surface area contributed by atoms with Crippen molar-refractivity contribution in [3.8, 4) is 56.3 Å². The largest absolute Gasteiger partial charge is 0.452 e. The highest BCUT2D eigenvalue weighted by Crippen LogP contribution is 2.47. The third kappa shape index (κ3) is 5.43. The molecule has 0 radical (unpaired) electrons. The Labute approximate surface area is 362 Å². The molecule has 0 fully saturated rings. The fourth-order valence-corrected chi connectivity index (χ4v) is 9.79. The van der Waals surface area contributed by atoms with E-state index in [4.69, 9.17) is 14.4 Å². The number of rotatable bonds is 6. The van der Waals surface area contributed by atoms with E-state index in [1.807, 2.05) is 36.4 Å². The Morgan fingerprint density at radius 2 is 0.921 bits per heavy atom. The van der Waals surface area contributed by atoms with Crippen LogP contribution in [0.15, 0.2) is 223 Å². The number of benzene rings is 9. The lowest BCUT2D eigenvalue weighted by molar-refractivity contribution is 0.667. The van der Waals surface area contributed by atoms with E-state index in [-0.39, 0.29) is 0 Å². The Kier molecular flexibility index (Phi) is 7.84. The van der Waals surface area contributed by atoms with Gasteiger partial charge in [0.15, 0.2) is 11.4 Å². The van der Waals surface area contributed by atoms with Crippen molar-refractivity contribution in [2.24, 2.45) is 0 Å². The molecule has 5 nitrogen and oxygen atoms in total. The van der Waals surface area contributed by atoms with Gasteiger partial charge in [0.25, 0.3) is 0 Å². The standard InChI is InChI=1S/C58H36N4O/c1-5-19-37(20-6-1)46-35-40(53-57-54(45-29-15-18-32-51(45)63-57)60-58(59-53)39-23-9-3-10-24-39)36-47(38-21-7-2-8-22-38)55(46)62-49-31-17-14-28-44(49)52-50(62)34-33-43-42-27-13-16-30-48(42)61(56(43)52)41-25-11-4-12-26-41/h1-36H. The Bertz CT molecular complexity index is 3820. The minimum Gasteiger partial charge on any atom is -0.452 e. The van der Waals surface area contributed by atoms with Crippen molar-refractivity contribution < 1.29 is 4.42 Å². The van der Waals surface area contributed by atoms with Gasteiger partial charge in [-0.1, -0.05) is 164 Å². The maximum Gasteiger partial charge on any atom is 0.180 e. The van der Waals surface area contributed by atoms with Crippen molar-refractivity contribution >= 4 is 65.7 Å². The first kappa shape index (κ1) is 35.2. The maximum atomic E-state index is 6.72. The van der Waals surface area contributed by atoms with Crippen LogP contribution in [-0.2, 0) is 0 Å². The number of furan rings is 1. The molecule has 0 N–H and O–H groups in total. The van der Waals surface area contributed by atoms with Crippen molar-refractivity contribution in [3.63, 3.8) is 0 Å². The first-order chi connectivity index (χ1) is 31.3. The van der Waals surface area contributed by atoms with E-state index in [2.05, 4.69) is 191 Å². The second kappa shape index (κ2) is 14.0. The number of nitrogens with zero attached hydrogens (tertiary/aromatic N) is 4. The summed E-state index contributed by atoms with van der Waals surface area (Å²) in [6, 6.07) is 77.5. The molecule has 0 aliphatic carbocycles. The van der Waals surface area contributed by atoms with Gasteiger partial charge >= 0.3 is 0 Å². The van der Waals surface area contributed by atoms with Gasteiger partial charge in [0.2, 0.25) is 0 Å². The van der Waals surface area contributed by atoms with Crippen LogP contribution in [0.5, 0.6) is 0 Å². The number of fused-ring (bicyclic) bond motifs is 10. The Morgan fingerprint density at radius 1 is 0.381 bits per heavy atom. The SMILES string of the molecule is c1ccc(-c2nc(-c3cc(-c4ccccc4)c(-n4c5ccccc5c5c4ccc4c6ccccc6n(-c6ccccc6)c45)c(-c4ccccc4)c3)c3oc4ccccc4c3n2)cc1. The molecule has 0 amide bonds. The predicted octanol–water partition coefficient (Wildman–Crippen LogP) is 15.2. The summed E-state index contributed by atoms with van der Waals surface area (Å²) >= 11 is 0. The first-order valence-corrected chi connectivity index (χ1v) is 21.3. The van der Waals surface area contributed by atoms with Gasteiger partial charge in [-0.25, -0.2) is 9.97 Å². The van der Waals surface area contributed by atoms with Gasteiger partial charge in [0.05, 0.1) is 27.8 Å². The van der Waals surface area contributed by atoms with Crippen molar-refractivity contribution in [2.75, 3.05) is 0 Å². The topological polar surface area (TPSA) is 48.8 Å². The summed E-state index contributed by atoms with van der Waals surface area (Å²) in [5.74, 6) is 0.650. The van der Waals surface area contributed by atoms with Crippen molar-refractivity contribution in [1.29, 1.82) is 0 Å². The summed E-state index contributed by atoms with van der Waals surface area (Å²) in [6.07, 6.45) is 0. The van der Waals surface area contributed by atoms with E-state index >= 15 is 0 Å². The highest BCUT2D eigenvalue weighted by molar-refractivity contribution is 6.26. The molecule has 5 heteroatoms. The molecule has 0 saturated carbocycles. The van der Waals surface area contributed by atoms with Gasteiger partial charge in [-0.05, 0) is 65.7 Å². The van der Waals surface area contributed by atoms with Crippen molar-refractivity contribution in [1.82, 2.24) is 19.1 Å². The van der Waals surface area contributed by atoms with E-state index in [9.17, 15) is 0 Å². The van der Waals surface area contributed by atoms with E-state index < -0.39 is 0 Å². The maximum absolute atomic E-state index is 6.72. The van der Waals surface area contributed by atoms with Crippen LogP contribution in [0, 0.1) is 0 Å². The molecular formula is C58H36N4O. The normalized spacial score (nSPS) is 11.8. The molecule has 0 aliphatic heterocycles. The van der Waals surface area contributed by atoms with Crippen molar-refractivity contribution in [2.45, 2.75) is 0 Å². The summed E-state index contributed by atoms with van der Waals surface area (Å²) < 4.78 is 11.7. The second-order valence-corrected chi connectivity index (χ2v) is 16.1. The number of hydrogen-bond acceptors (Lipinski definition) is 3. The van der Waals surface area contributed by atoms with Gasteiger partial charge in [0, 0.05) is 54.9 Å². The average molecular weight is 805 g/mol. The predicted molar refractivity (Wildman–Crippen MR) is 260 cm³/mol. The van der Waals surface area contributed by atoms with E-state index in [1.54, 1.807) is 0 Å². The first-order valence-electron chi connectivity index (χ1n) is 21.3. The molecule has 0 atom stereocenters. The molecule has 63 heavy (non-hydrogen) atoms. The monoisotopic (exact) mass is 804 g/mol. The third-order valence-electron chi connectivity index (χ3n) is 12.5. The summed E-state index contributed by atoms with van der Waals surface area (Å²) in [6.45, 7) is 0. The molecule has 0 spiro atoms. The molecule has 9 aromatic carbocycles. The quantitative estimate of drug-likeness (QED) is 0.168. The molecule has 0 bridgehead atoms. The minimum absolute atomic E-state index is 0.650. The lowest BCUT2D eigenvalue weighted by atomic mass is 9.91. The second-order valence-electron chi connectivity index (χ2n) is 16.1. The zero-order valence-corrected chi connectivity index (χ0v) is 34.0. The van der Waals surface area contributed by atoms with Crippen LogP contribution >= 0.6 is 0 Å². The molecule has 4 heterocycles. The number of para-hydroxylation sites is 4. The molecule has 4 aromatic heterocycles. The zero-order valence-electron chi connectivity index (χ0n) is 34.0. The summed E-state index contributed by atoms with van der Waals surface area (Å²) in [7, 11) is 0. The lowest BCUT2D eigenvalue weighted by Gasteiger charge is -2.21. The molecule has 0 saturated heterocycles. The van der Waals surface area contributed by atoms with Gasteiger partial charge in [-0.2, -0.15) is 0 Å². The fourth-order valence-electron chi connectivity index (χ4n) is 9.79. The molecule has 294 valence electrons. The average Bonchev–Trinajstić information content (AvgIpc) is 4.02. The van der Waals surface area contributed by atoms with Crippen molar-refractivity contribution in [3.05, 3.63) is 218 Å². The van der Waals surface area contributed by atoms with Gasteiger partial charge in [-0.15, -0.1) is 0 Å². The fraction of sp³-hybridized carbons (Fsp3) is 0. The summed E-state index contributed by atoms with van der Waals surface area (Å²) in [4.78, 5) is 10.5. The minimum atomic E-state index is 0.650. The van der Waals surface area contributed by atoms with Gasteiger partial charge in [0.1, 0.15) is 16.8 Å². The van der Waals surface area contributed by atoms with Crippen LogP contribution in [0.2, 0.25) is 0 Å². The van der Waals surface area contributed by atoms with E-state index in [0.717, 1.165) is 78.0 Å². The highest BCUT2D eigenvalue weighted by atomic mass is 16.3. The Hall–Kier alpha value is -8.54. The van der Waals surface area contributed by atoms with Crippen LogP contribution in [0.1, 0.15) is 0 Å². The number of aromatic nitrogens is 4. The molecule has 13 aromatic rings. The van der Waals surface area contributed by atoms with Gasteiger partial charge in [-0.3, -0.25) is 0 Å². The summed E-state index contributed by atoms with van der Waals surface area (Å²) in [5.41, 5.74) is 16.0. The van der Waals surface area contributed by atoms with Crippen LogP contribution in [0.3, 0.4) is 0 Å². The van der Waals surface area contributed by atoms with E-state index in [0.29, 0.717) is 11.4 Å². The Morgan fingerprint density at radius 3 is 1.59 bits per heavy atom. The van der Waals surface area contributed by atoms with Gasteiger partial charge < -0.3 is 13.6 Å². The third-order valence-corrected chi connectivity index (χ3v) is 12.5. The highest BCUT2D eigenvalue weighted by Gasteiger charge is 2.26.